The number of nitrogens with two attached hydrogens (primary N) is 1. The summed E-state index contributed by atoms with van der Waals surface area (Å²) in [6.07, 6.45) is 2.75. The largest absolute Gasteiger partial charge is 0.399 e. The average molecular weight is 248 g/mol. The highest BCUT2D eigenvalue weighted by atomic mass is 16.5. The molecule has 1 aliphatic heterocycles. The van der Waals surface area contributed by atoms with Crippen LogP contribution in [0.15, 0.2) is 18.2 Å². The maximum absolute atomic E-state index is 5.82. The summed E-state index contributed by atoms with van der Waals surface area (Å²) in [5.41, 5.74) is 9.14. The highest BCUT2D eigenvalue weighted by molar-refractivity contribution is 5.47. The predicted octanol–water partition coefficient (Wildman–Crippen LogP) is 2.48. The second-order valence-corrected chi connectivity index (χ2v) is 5.19. The van der Waals surface area contributed by atoms with E-state index < -0.39 is 0 Å². The van der Waals surface area contributed by atoms with Gasteiger partial charge in [-0.25, -0.2) is 0 Å². The number of hydrogen-bond donors (Lipinski definition) is 2. The topological polar surface area (TPSA) is 47.3 Å². The molecular formula is C15H24N2O. The molecule has 0 radical (unpaired) electrons. The number of benzene rings is 1. The van der Waals surface area contributed by atoms with Gasteiger partial charge in [0, 0.05) is 25.4 Å². The first-order chi connectivity index (χ1) is 8.70. The quantitative estimate of drug-likeness (QED) is 0.787. The van der Waals surface area contributed by atoms with Crippen LogP contribution in [0.3, 0.4) is 0 Å². The van der Waals surface area contributed by atoms with Crippen molar-refractivity contribution in [3.05, 3.63) is 29.3 Å². The molecule has 2 rings (SSSR count). The van der Waals surface area contributed by atoms with Gasteiger partial charge in [0.05, 0.1) is 6.10 Å². The summed E-state index contributed by atoms with van der Waals surface area (Å²) in [4.78, 5) is 0. The van der Waals surface area contributed by atoms with Crippen LogP contribution >= 0.6 is 0 Å². The van der Waals surface area contributed by atoms with Gasteiger partial charge in [-0.3, -0.25) is 0 Å². The lowest BCUT2D eigenvalue weighted by Gasteiger charge is -2.17. The first kappa shape index (κ1) is 13.4. The Labute approximate surface area is 110 Å². The van der Waals surface area contributed by atoms with Crippen molar-refractivity contribution < 1.29 is 4.74 Å². The molecule has 0 bridgehead atoms. The van der Waals surface area contributed by atoms with Gasteiger partial charge in [0.2, 0.25) is 0 Å². The van der Waals surface area contributed by atoms with Crippen molar-refractivity contribution >= 4 is 5.69 Å². The average Bonchev–Trinajstić information content (AvgIpc) is 2.81. The molecule has 3 N–H and O–H groups in total. The Morgan fingerprint density at radius 1 is 1.44 bits per heavy atom. The summed E-state index contributed by atoms with van der Waals surface area (Å²) in [7, 11) is 0. The highest BCUT2D eigenvalue weighted by Gasteiger charge is 2.25. The molecule has 0 aliphatic carbocycles. The van der Waals surface area contributed by atoms with Crippen LogP contribution in [-0.2, 0) is 11.3 Å². The molecule has 2 unspecified atom stereocenters. The van der Waals surface area contributed by atoms with Gasteiger partial charge in [-0.15, -0.1) is 0 Å². The van der Waals surface area contributed by atoms with Crippen molar-refractivity contribution in [2.75, 3.05) is 18.9 Å². The minimum absolute atomic E-state index is 0.450. The van der Waals surface area contributed by atoms with Crippen molar-refractivity contribution in [3.63, 3.8) is 0 Å². The number of aryl methyl sites for hydroxylation is 1. The van der Waals surface area contributed by atoms with Gasteiger partial charge < -0.3 is 15.8 Å². The second kappa shape index (κ2) is 6.21. The summed E-state index contributed by atoms with van der Waals surface area (Å²) in [6, 6.07) is 6.24. The molecule has 2 atom stereocenters. The highest BCUT2D eigenvalue weighted by Crippen LogP contribution is 2.22. The van der Waals surface area contributed by atoms with Crippen LogP contribution in [0.5, 0.6) is 0 Å². The van der Waals surface area contributed by atoms with E-state index in [0.717, 1.165) is 37.4 Å². The van der Waals surface area contributed by atoms with Gasteiger partial charge in [0.1, 0.15) is 0 Å². The van der Waals surface area contributed by atoms with E-state index >= 15 is 0 Å². The molecule has 18 heavy (non-hydrogen) atoms. The molecule has 1 fully saturated rings. The first-order valence-electron chi connectivity index (χ1n) is 6.88. The molecule has 1 saturated heterocycles. The Morgan fingerprint density at radius 3 is 3.00 bits per heavy atom. The van der Waals surface area contributed by atoms with Crippen LogP contribution in [0.2, 0.25) is 0 Å². The van der Waals surface area contributed by atoms with Gasteiger partial charge in [-0.2, -0.15) is 0 Å². The molecule has 1 aliphatic rings. The normalized spacial score (nSPS) is 23.4. The van der Waals surface area contributed by atoms with Crippen LogP contribution in [0.4, 0.5) is 5.69 Å². The molecule has 0 aromatic heterocycles. The molecule has 1 aromatic rings. The van der Waals surface area contributed by atoms with Gasteiger partial charge >= 0.3 is 0 Å². The summed E-state index contributed by atoms with van der Waals surface area (Å²) < 4.78 is 5.70. The fraction of sp³-hybridized carbons (Fsp3) is 0.600. The molecule has 0 amide bonds. The van der Waals surface area contributed by atoms with Crippen molar-refractivity contribution in [2.24, 2.45) is 5.92 Å². The fourth-order valence-corrected chi connectivity index (χ4v) is 2.63. The first-order valence-corrected chi connectivity index (χ1v) is 6.88. The number of nitrogens with one attached hydrogen (secondary N) is 1. The third-order valence-electron chi connectivity index (χ3n) is 3.82. The van der Waals surface area contributed by atoms with Crippen LogP contribution in [-0.4, -0.2) is 19.3 Å². The molecule has 3 nitrogen and oxygen atoms in total. The monoisotopic (exact) mass is 248 g/mol. The molecule has 3 heteroatoms. The van der Waals surface area contributed by atoms with Crippen LogP contribution in [0.25, 0.3) is 0 Å². The van der Waals surface area contributed by atoms with Crippen molar-refractivity contribution in [1.29, 1.82) is 0 Å². The zero-order valence-corrected chi connectivity index (χ0v) is 11.4. The van der Waals surface area contributed by atoms with Gasteiger partial charge in [-0.05, 0) is 42.9 Å². The smallest absolute Gasteiger partial charge is 0.0613 e. The lowest BCUT2D eigenvalue weighted by Crippen LogP contribution is -2.27. The summed E-state index contributed by atoms with van der Waals surface area (Å²) in [5, 5.41) is 3.53. The molecular weight excluding hydrogens is 224 g/mol. The lowest BCUT2D eigenvalue weighted by atomic mass is 9.99. The standard InChI is InChI=1S/C15H24N2O/c1-3-15-13(6-7-18-15)10-17-9-12-4-5-14(16)11(2)8-12/h4-5,8,13,15,17H,3,6-7,9-10,16H2,1-2H3. The van der Waals surface area contributed by atoms with Crippen molar-refractivity contribution in [1.82, 2.24) is 5.32 Å². The maximum Gasteiger partial charge on any atom is 0.0613 e. The van der Waals surface area contributed by atoms with E-state index in [0.29, 0.717) is 12.0 Å². The van der Waals surface area contributed by atoms with E-state index in [4.69, 9.17) is 10.5 Å². The number of hydrogen-bond acceptors (Lipinski definition) is 3. The SMILES string of the molecule is CCC1OCCC1CNCc1ccc(N)c(C)c1. The third-order valence-corrected chi connectivity index (χ3v) is 3.82. The fourth-order valence-electron chi connectivity index (χ4n) is 2.63. The maximum atomic E-state index is 5.82. The lowest BCUT2D eigenvalue weighted by molar-refractivity contribution is 0.0872. The molecule has 0 spiro atoms. The Bertz CT molecular complexity index is 392. The zero-order chi connectivity index (χ0) is 13.0. The van der Waals surface area contributed by atoms with E-state index in [1.807, 2.05) is 6.07 Å². The summed E-state index contributed by atoms with van der Waals surface area (Å²) in [5.74, 6) is 0.671. The third kappa shape index (κ3) is 3.24. The van der Waals surface area contributed by atoms with E-state index in [-0.39, 0.29) is 0 Å². The van der Waals surface area contributed by atoms with E-state index in [2.05, 4.69) is 31.3 Å². The van der Waals surface area contributed by atoms with E-state index in [1.165, 1.54) is 12.0 Å². The minimum Gasteiger partial charge on any atom is -0.399 e. The van der Waals surface area contributed by atoms with Crippen molar-refractivity contribution in [2.45, 2.75) is 39.3 Å². The Hall–Kier alpha value is -1.06. The minimum atomic E-state index is 0.450. The van der Waals surface area contributed by atoms with Crippen molar-refractivity contribution in [3.8, 4) is 0 Å². The van der Waals surface area contributed by atoms with E-state index in [9.17, 15) is 0 Å². The number of rotatable bonds is 5. The molecule has 1 aromatic carbocycles. The number of ether oxygens (including phenoxy) is 1. The van der Waals surface area contributed by atoms with Gasteiger partial charge in [0.25, 0.3) is 0 Å². The Kier molecular flexibility index (Phi) is 4.61. The number of anilines is 1. The zero-order valence-electron chi connectivity index (χ0n) is 11.4. The molecule has 100 valence electrons. The number of nitrogen functional groups attached to an aromatic ring is 1. The summed E-state index contributed by atoms with van der Waals surface area (Å²) in [6.45, 7) is 7.13. The van der Waals surface area contributed by atoms with Gasteiger partial charge in [-0.1, -0.05) is 19.1 Å². The molecule has 1 heterocycles. The summed E-state index contributed by atoms with van der Waals surface area (Å²) >= 11 is 0. The van der Waals surface area contributed by atoms with Crippen LogP contribution < -0.4 is 11.1 Å². The Morgan fingerprint density at radius 2 is 2.28 bits per heavy atom. The van der Waals surface area contributed by atoms with Gasteiger partial charge in [0.15, 0.2) is 0 Å². The van der Waals surface area contributed by atoms with E-state index in [1.54, 1.807) is 0 Å². The molecule has 0 saturated carbocycles. The Balaban J connectivity index is 1.79. The predicted molar refractivity (Wildman–Crippen MR) is 75.4 cm³/mol. The van der Waals surface area contributed by atoms with Crippen LogP contribution in [0, 0.1) is 12.8 Å². The second-order valence-electron chi connectivity index (χ2n) is 5.19. The van der Waals surface area contributed by atoms with Crippen LogP contribution in [0.1, 0.15) is 30.9 Å².